The third kappa shape index (κ3) is 4.35. The second-order valence-electron chi connectivity index (χ2n) is 7.20. The SMILES string of the molecule is O=C(COC1CCCCC1)NCC1(c2ccccc2)CCCC1. The molecule has 3 rings (SSSR count). The van der Waals surface area contributed by atoms with Crippen LogP contribution in [-0.4, -0.2) is 25.2 Å². The summed E-state index contributed by atoms with van der Waals surface area (Å²) in [6.07, 6.45) is 11.2. The first-order chi connectivity index (χ1) is 11.3. The number of amides is 1. The van der Waals surface area contributed by atoms with Crippen LogP contribution in [0.3, 0.4) is 0 Å². The van der Waals surface area contributed by atoms with E-state index in [0.29, 0.717) is 6.10 Å². The van der Waals surface area contributed by atoms with E-state index in [9.17, 15) is 4.79 Å². The van der Waals surface area contributed by atoms with E-state index < -0.39 is 0 Å². The lowest BCUT2D eigenvalue weighted by molar-refractivity contribution is -0.128. The molecule has 2 fully saturated rings. The van der Waals surface area contributed by atoms with Gasteiger partial charge in [-0.05, 0) is 31.2 Å². The minimum Gasteiger partial charge on any atom is -0.368 e. The first-order valence-corrected chi connectivity index (χ1v) is 9.22. The molecule has 3 heteroatoms. The van der Waals surface area contributed by atoms with Crippen molar-refractivity contribution < 1.29 is 9.53 Å². The van der Waals surface area contributed by atoms with Crippen molar-refractivity contribution in [2.45, 2.75) is 69.3 Å². The molecule has 0 radical (unpaired) electrons. The first kappa shape index (κ1) is 16.5. The van der Waals surface area contributed by atoms with Crippen molar-refractivity contribution in [3.8, 4) is 0 Å². The quantitative estimate of drug-likeness (QED) is 0.863. The van der Waals surface area contributed by atoms with Crippen molar-refractivity contribution in [3.05, 3.63) is 35.9 Å². The highest BCUT2D eigenvalue weighted by Gasteiger charge is 2.35. The lowest BCUT2D eigenvalue weighted by Crippen LogP contribution is -2.41. The molecule has 1 N–H and O–H groups in total. The second kappa shape index (κ2) is 7.96. The summed E-state index contributed by atoms with van der Waals surface area (Å²) in [4.78, 5) is 12.2. The molecule has 0 unspecified atom stereocenters. The fraction of sp³-hybridized carbons (Fsp3) is 0.650. The van der Waals surface area contributed by atoms with Gasteiger partial charge in [-0.1, -0.05) is 62.4 Å². The Morgan fingerprint density at radius 1 is 1.04 bits per heavy atom. The van der Waals surface area contributed by atoms with Crippen molar-refractivity contribution in [2.24, 2.45) is 0 Å². The molecule has 1 aromatic rings. The van der Waals surface area contributed by atoms with Crippen molar-refractivity contribution in [1.82, 2.24) is 5.32 Å². The Kier molecular flexibility index (Phi) is 5.71. The van der Waals surface area contributed by atoms with E-state index in [2.05, 4.69) is 35.6 Å². The normalized spacial score (nSPS) is 21.2. The average molecular weight is 315 g/mol. The number of rotatable bonds is 6. The number of carbonyl (C=O) groups is 1. The van der Waals surface area contributed by atoms with Gasteiger partial charge in [0.05, 0.1) is 6.10 Å². The van der Waals surface area contributed by atoms with E-state index in [-0.39, 0.29) is 17.9 Å². The zero-order valence-electron chi connectivity index (χ0n) is 14.1. The van der Waals surface area contributed by atoms with Gasteiger partial charge in [-0.25, -0.2) is 0 Å². The number of nitrogens with one attached hydrogen (secondary N) is 1. The lowest BCUT2D eigenvalue weighted by Gasteiger charge is -2.30. The molecule has 23 heavy (non-hydrogen) atoms. The predicted molar refractivity (Wildman–Crippen MR) is 92.4 cm³/mol. The van der Waals surface area contributed by atoms with Gasteiger partial charge in [0.1, 0.15) is 6.61 Å². The molecule has 1 amide bonds. The van der Waals surface area contributed by atoms with E-state index in [1.807, 2.05) is 0 Å². The maximum atomic E-state index is 12.2. The molecule has 2 aliphatic rings. The summed E-state index contributed by atoms with van der Waals surface area (Å²) < 4.78 is 5.79. The monoisotopic (exact) mass is 315 g/mol. The van der Waals surface area contributed by atoms with E-state index in [0.717, 1.165) is 19.4 Å². The fourth-order valence-corrected chi connectivity index (χ4v) is 4.16. The molecule has 1 aromatic carbocycles. The third-order valence-corrected chi connectivity index (χ3v) is 5.57. The molecular weight excluding hydrogens is 286 g/mol. The van der Waals surface area contributed by atoms with Gasteiger partial charge in [-0.15, -0.1) is 0 Å². The van der Waals surface area contributed by atoms with Gasteiger partial charge in [0.15, 0.2) is 0 Å². The maximum Gasteiger partial charge on any atom is 0.246 e. The van der Waals surface area contributed by atoms with Gasteiger partial charge in [-0.2, -0.15) is 0 Å². The van der Waals surface area contributed by atoms with Crippen molar-refractivity contribution >= 4 is 5.91 Å². The Hall–Kier alpha value is -1.35. The lowest BCUT2D eigenvalue weighted by atomic mass is 9.79. The van der Waals surface area contributed by atoms with Crippen LogP contribution in [0.5, 0.6) is 0 Å². The van der Waals surface area contributed by atoms with Crippen LogP contribution < -0.4 is 5.32 Å². The fourth-order valence-electron chi connectivity index (χ4n) is 4.16. The van der Waals surface area contributed by atoms with E-state index in [1.54, 1.807) is 0 Å². The Morgan fingerprint density at radius 2 is 1.74 bits per heavy atom. The van der Waals surface area contributed by atoms with Crippen LogP contribution in [0.25, 0.3) is 0 Å². The third-order valence-electron chi connectivity index (χ3n) is 5.57. The standard InChI is InChI=1S/C20H29NO2/c22-19(15-23-18-11-5-2-6-12-18)21-16-20(13-7-8-14-20)17-9-3-1-4-10-17/h1,3-4,9-10,18H,2,5-8,11-16H2,(H,21,22). The molecule has 3 nitrogen and oxygen atoms in total. The summed E-state index contributed by atoms with van der Waals surface area (Å²) in [5.74, 6) is 0.0396. The highest BCUT2D eigenvalue weighted by molar-refractivity contribution is 5.77. The summed E-state index contributed by atoms with van der Waals surface area (Å²) in [5, 5.41) is 3.14. The molecule has 0 aliphatic heterocycles. The molecule has 0 bridgehead atoms. The molecule has 126 valence electrons. The number of hydrogen-bond acceptors (Lipinski definition) is 2. The van der Waals surface area contributed by atoms with Gasteiger partial charge in [0.2, 0.25) is 5.91 Å². The topological polar surface area (TPSA) is 38.3 Å². The Labute approximate surface area is 139 Å². The minimum absolute atomic E-state index is 0.0396. The van der Waals surface area contributed by atoms with Crippen molar-refractivity contribution in [1.29, 1.82) is 0 Å². The first-order valence-electron chi connectivity index (χ1n) is 9.22. The average Bonchev–Trinajstić information content (AvgIpc) is 3.10. The molecule has 2 aliphatic carbocycles. The van der Waals surface area contributed by atoms with Crippen LogP contribution in [0.2, 0.25) is 0 Å². The summed E-state index contributed by atoms with van der Waals surface area (Å²) >= 11 is 0. The molecule has 0 heterocycles. The van der Waals surface area contributed by atoms with Gasteiger partial charge in [-0.3, -0.25) is 4.79 Å². The number of benzene rings is 1. The minimum atomic E-state index is 0.0396. The zero-order valence-corrected chi connectivity index (χ0v) is 14.1. The van der Waals surface area contributed by atoms with Crippen LogP contribution in [0, 0.1) is 0 Å². The molecule has 0 aromatic heterocycles. The van der Waals surface area contributed by atoms with Gasteiger partial charge in [0, 0.05) is 12.0 Å². The largest absolute Gasteiger partial charge is 0.368 e. The van der Waals surface area contributed by atoms with Crippen LogP contribution in [-0.2, 0) is 14.9 Å². The Morgan fingerprint density at radius 3 is 2.43 bits per heavy atom. The van der Waals surface area contributed by atoms with E-state index >= 15 is 0 Å². The maximum absolute atomic E-state index is 12.2. The molecule has 2 saturated carbocycles. The number of hydrogen-bond donors (Lipinski definition) is 1. The predicted octanol–water partition coefficient (Wildman–Crippen LogP) is 3.96. The Balaban J connectivity index is 1.50. The highest BCUT2D eigenvalue weighted by atomic mass is 16.5. The van der Waals surface area contributed by atoms with Crippen LogP contribution >= 0.6 is 0 Å². The zero-order chi connectivity index (χ0) is 16.0. The highest BCUT2D eigenvalue weighted by Crippen LogP contribution is 2.40. The summed E-state index contributed by atoms with van der Waals surface area (Å²) in [5.41, 5.74) is 1.49. The smallest absolute Gasteiger partial charge is 0.246 e. The van der Waals surface area contributed by atoms with Crippen molar-refractivity contribution in [3.63, 3.8) is 0 Å². The van der Waals surface area contributed by atoms with Crippen LogP contribution in [0.1, 0.15) is 63.4 Å². The number of ether oxygens (including phenoxy) is 1. The van der Waals surface area contributed by atoms with Crippen LogP contribution in [0.15, 0.2) is 30.3 Å². The Bertz CT molecular complexity index is 488. The van der Waals surface area contributed by atoms with Crippen molar-refractivity contribution in [2.75, 3.05) is 13.2 Å². The molecule has 0 atom stereocenters. The van der Waals surface area contributed by atoms with Crippen LogP contribution in [0.4, 0.5) is 0 Å². The van der Waals surface area contributed by atoms with Gasteiger partial charge >= 0.3 is 0 Å². The van der Waals surface area contributed by atoms with E-state index in [4.69, 9.17) is 4.74 Å². The summed E-state index contributed by atoms with van der Waals surface area (Å²) in [6.45, 7) is 0.958. The molecular formula is C20H29NO2. The van der Waals surface area contributed by atoms with Gasteiger partial charge < -0.3 is 10.1 Å². The summed E-state index contributed by atoms with van der Waals surface area (Å²) in [7, 11) is 0. The molecule has 0 saturated heterocycles. The molecule has 0 spiro atoms. The van der Waals surface area contributed by atoms with Gasteiger partial charge in [0.25, 0.3) is 0 Å². The number of carbonyl (C=O) groups excluding carboxylic acids is 1. The second-order valence-corrected chi connectivity index (χ2v) is 7.20. The summed E-state index contributed by atoms with van der Waals surface area (Å²) in [6, 6.07) is 10.7. The van der Waals surface area contributed by atoms with E-state index in [1.165, 1.54) is 50.5 Å².